The number of allylic oxidation sites excluding steroid dienone is 1. The molecular formula is C9H10OS. The fraction of sp³-hybridized carbons (Fsp3) is 0.111. The average Bonchev–Trinajstić information content (AvgIpc) is 1.98. The van der Waals surface area contributed by atoms with Gasteiger partial charge in [-0.25, -0.2) is 0 Å². The monoisotopic (exact) mass is 166 g/mol. The van der Waals surface area contributed by atoms with Crippen molar-refractivity contribution in [3.05, 3.63) is 36.4 Å². The number of phenols is 1. The maximum atomic E-state index is 9.10. The molecule has 0 spiro atoms. The first-order valence-corrected chi connectivity index (χ1v) is 3.80. The Morgan fingerprint density at radius 1 is 1.55 bits per heavy atom. The highest BCUT2D eigenvalue weighted by Gasteiger charge is 1.96. The first-order valence-electron chi connectivity index (χ1n) is 3.36. The molecule has 0 heterocycles. The minimum Gasteiger partial charge on any atom is -0.508 e. The summed E-state index contributed by atoms with van der Waals surface area (Å²) in [5, 5.41) is 9.10. The molecular weight excluding hydrogens is 156 g/mol. The van der Waals surface area contributed by atoms with E-state index in [1.165, 1.54) is 0 Å². The third-order valence-electron chi connectivity index (χ3n) is 1.43. The Labute approximate surface area is 71.8 Å². The lowest BCUT2D eigenvalue weighted by Crippen LogP contribution is -1.82. The summed E-state index contributed by atoms with van der Waals surface area (Å²) in [5.41, 5.74) is 1.00. The second-order valence-electron chi connectivity index (χ2n) is 2.31. The summed E-state index contributed by atoms with van der Waals surface area (Å²) in [6.45, 7) is 3.61. The van der Waals surface area contributed by atoms with Gasteiger partial charge in [0.05, 0.1) is 0 Å². The van der Waals surface area contributed by atoms with E-state index < -0.39 is 0 Å². The van der Waals surface area contributed by atoms with Gasteiger partial charge in [-0.2, -0.15) is 0 Å². The van der Waals surface area contributed by atoms with Crippen molar-refractivity contribution in [1.82, 2.24) is 0 Å². The summed E-state index contributed by atoms with van der Waals surface area (Å²) in [6, 6.07) is 5.09. The Balaban J connectivity index is 3.01. The van der Waals surface area contributed by atoms with Crippen molar-refractivity contribution in [3.8, 4) is 5.75 Å². The van der Waals surface area contributed by atoms with Gasteiger partial charge in [0, 0.05) is 4.90 Å². The molecule has 0 aliphatic carbocycles. The van der Waals surface area contributed by atoms with Crippen LogP contribution in [-0.4, -0.2) is 5.11 Å². The zero-order chi connectivity index (χ0) is 8.27. The second-order valence-corrected chi connectivity index (χ2v) is 2.79. The van der Waals surface area contributed by atoms with Crippen LogP contribution in [0.5, 0.6) is 5.75 Å². The van der Waals surface area contributed by atoms with E-state index in [2.05, 4.69) is 19.2 Å². The van der Waals surface area contributed by atoms with Crippen LogP contribution in [0.3, 0.4) is 0 Å². The highest BCUT2D eigenvalue weighted by molar-refractivity contribution is 7.80. The molecule has 0 saturated carbocycles. The molecule has 0 bridgehead atoms. The average molecular weight is 166 g/mol. The summed E-state index contributed by atoms with van der Waals surface area (Å²) >= 11 is 4.22. The van der Waals surface area contributed by atoms with Crippen LogP contribution in [-0.2, 0) is 6.42 Å². The van der Waals surface area contributed by atoms with E-state index >= 15 is 0 Å². The molecule has 0 fully saturated rings. The third-order valence-corrected chi connectivity index (χ3v) is 1.86. The third kappa shape index (κ3) is 2.02. The fourth-order valence-corrected chi connectivity index (χ4v) is 1.12. The molecule has 0 aliphatic rings. The first kappa shape index (κ1) is 8.21. The Kier molecular flexibility index (Phi) is 2.60. The van der Waals surface area contributed by atoms with Gasteiger partial charge in [0.25, 0.3) is 0 Å². The van der Waals surface area contributed by atoms with Crippen molar-refractivity contribution >= 4 is 12.6 Å². The molecule has 0 aliphatic heterocycles. The molecule has 0 saturated heterocycles. The second kappa shape index (κ2) is 3.49. The summed E-state index contributed by atoms with van der Waals surface area (Å²) in [5.74, 6) is 0.277. The van der Waals surface area contributed by atoms with E-state index in [0.29, 0.717) is 0 Å². The molecule has 1 aromatic carbocycles. The lowest BCUT2D eigenvalue weighted by molar-refractivity contribution is 0.474. The van der Waals surface area contributed by atoms with Crippen LogP contribution in [0.2, 0.25) is 0 Å². The van der Waals surface area contributed by atoms with Crippen molar-refractivity contribution in [2.45, 2.75) is 11.3 Å². The van der Waals surface area contributed by atoms with E-state index in [1.54, 1.807) is 24.3 Å². The van der Waals surface area contributed by atoms with E-state index in [9.17, 15) is 0 Å². The molecule has 1 N–H and O–H groups in total. The van der Waals surface area contributed by atoms with Gasteiger partial charge < -0.3 is 5.11 Å². The van der Waals surface area contributed by atoms with Crippen LogP contribution in [0.1, 0.15) is 5.56 Å². The number of thiol groups is 1. The van der Waals surface area contributed by atoms with E-state index in [4.69, 9.17) is 5.11 Å². The molecule has 58 valence electrons. The Morgan fingerprint density at radius 3 is 2.91 bits per heavy atom. The Hall–Kier alpha value is -0.890. The van der Waals surface area contributed by atoms with Gasteiger partial charge in [-0.15, -0.1) is 19.2 Å². The van der Waals surface area contributed by atoms with Gasteiger partial charge in [0.2, 0.25) is 0 Å². The molecule has 11 heavy (non-hydrogen) atoms. The van der Waals surface area contributed by atoms with Crippen LogP contribution < -0.4 is 0 Å². The van der Waals surface area contributed by atoms with Crippen molar-refractivity contribution < 1.29 is 5.11 Å². The lowest BCUT2D eigenvalue weighted by Gasteiger charge is -2.01. The molecule has 0 atom stereocenters. The number of phenolic OH excluding ortho intramolecular Hbond substituents is 1. The minimum absolute atomic E-state index is 0.277. The molecule has 1 aromatic rings. The molecule has 1 nitrogen and oxygen atoms in total. The summed E-state index contributed by atoms with van der Waals surface area (Å²) in [6.07, 6.45) is 2.53. The first-order chi connectivity index (χ1) is 5.24. The predicted molar refractivity (Wildman–Crippen MR) is 49.3 cm³/mol. The van der Waals surface area contributed by atoms with Gasteiger partial charge in [-0.3, -0.25) is 0 Å². The highest BCUT2D eigenvalue weighted by Crippen LogP contribution is 2.19. The molecule has 0 unspecified atom stereocenters. The minimum atomic E-state index is 0.277. The summed E-state index contributed by atoms with van der Waals surface area (Å²) < 4.78 is 0. The lowest BCUT2D eigenvalue weighted by atomic mass is 10.1. The molecule has 2 heteroatoms. The molecule has 0 aromatic heterocycles. The zero-order valence-electron chi connectivity index (χ0n) is 6.12. The van der Waals surface area contributed by atoms with Crippen molar-refractivity contribution in [2.75, 3.05) is 0 Å². The number of hydrogen-bond acceptors (Lipinski definition) is 2. The Morgan fingerprint density at radius 2 is 2.27 bits per heavy atom. The normalized spacial score (nSPS) is 9.55. The topological polar surface area (TPSA) is 20.2 Å². The fourth-order valence-electron chi connectivity index (χ4n) is 0.891. The number of aromatic hydroxyl groups is 1. The van der Waals surface area contributed by atoms with E-state index in [-0.39, 0.29) is 5.75 Å². The smallest absolute Gasteiger partial charge is 0.115 e. The van der Waals surface area contributed by atoms with Crippen molar-refractivity contribution in [2.24, 2.45) is 0 Å². The Bertz CT molecular complexity index is 268. The van der Waals surface area contributed by atoms with Gasteiger partial charge >= 0.3 is 0 Å². The largest absolute Gasteiger partial charge is 0.508 e. The van der Waals surface area contributed by atoms with Crippen molar-refractivity contribution in [1.29, 1.82) is 0 Å². The van der Waals surface area contributed by atoms with Crippen LogP contribution in [0.25, 0.3) is 0 Å². The van der Waals surface area contributed by atoms with Gasteiger partial charge in [0.1, 0.15) is 5.75 Å². The predicted octanol–water partition coefficient (Wildman–Crippen LogP) is 2.41. The van der Waals surface area contributed by atoms with E-state index in [1.807, 2.05) is 0 Å². The van der Waals surface area contributed by atoms with Crippen molar-refractivity contribution in [3.63, 3.8) is 0 Å². The van der Waals surface area contributed by atoms with Crippen LogP contribution in [0, 0.1) is 0 Å². The zero-order valence-corrected chi connectivity index (χ0v) is 7.01. The number of hydrogen-bond donors (Lipinski definition) is 2. The molecule has 1 rings (SSSR count). The molecule has 0 amide bonds. The van der Waals surface area contributed by atoms with Gasteiger partial charge in [-0.05, 0) is 30.2 Å². The van der Waals surface area contributed by atoms with Crippen LogP contribution in [0.15, 0.2) is 35.7 Å². The summed E-state index contributed by atoms with van der Waals surface area (Å²) in [7, 11) is 0. The number of benzene rings is 1. The SMILES string of the molecule is C=CCc1cc(O)ccc1S. The molecule has 0 radical (unpaired) electrons. The van der Waals surface area contributed by atoms with Gasteiger partial charge in [-0.1, -0.05) is 6.08 Å². The number of rotatable bonds is 2. The maximum absolute atomic E-state index is 9.10. The van der Waals surface area contributed by atoms with Crippen LogP contribution >= 0.6 is 12.6 Å². The van der Waals surface area contributed by atoms with E-state index in [0.717, 1.165) is 16.9 Å². The standard InChI is InChI=1S/C9H10OS/c1-2-3-7-6-8(10)4-5-9(7)11/h2,4-6,10-11H,1,3H2. The highest BCUT2D eigenvalue weighted by atomic mass is 32.1. The maximum Gasteiger partial charge on any atom is 0.115 e. The van der Waals surface area contributed by atoms with Gasteiger partial charge in [0.15, 0.2) is 0 Å². The quantitative estimate of drug-likeness (QED) is 0.510. The summed E-state index contributed by atoms with van der Waals surface area (Å²) in [4.78, 5) is 0.891. The van der Waals surface area contributed by atoms with Crippen LogP contribution in [0.4, 0.5) is 0 Å².